The highest BCUT2D eigenvalue weighted by Gasteiger charge is 2.10. The van der Waals surface area contributed by atoms with Gasteiger partial charge in [-0.05, 0) is 38.0 Å². The molecule has 0 spiro atoms. The molecule has 0 aliphatic carbocycles. The second-order valence-corrected chi connectivity index (χ2v) is 6.77. The zero-order valence-corrected chi connectivity index (χ0v) is 15.5. The third-order valence-electron chi connectivity index (χ3n) is 3.45. The highest BCUT2D eigenvalue weighted by atomic mass is 32.2. The van der Waals surface area contributed by atoms with Crippen molar-refractivity contribution < 1.29 is 19.4 Å². The summed E-state index contributed by atoms with van der Waals surface area (Å²) in [4.78, 5) is 22.4. The van der Waals surface area contributed by atoms with Gasteiger partial charge in [-0.3, -0.25) is 4.79 Å². The van der Waals surface area contributed by atoms with E-state index in [0.717, 1.165) is 10.7 Å². The Morgan fingerprint density at radius 3 is 2.69 bits per heavy atom. The van der Waals surface area contributed by atoms with E-state index in [1.165, 1.54) is 11.8 Å². The minimum atomic E-state index is -1.01. The molecular weight excluding hydrogens is 356 g/mol. The molecule has 0 fully saturated rings. The molecule has 0 saturated heterocycles. The first-order chi connectivity index (χ1) is 12.5. The predicted octanol–water partition coefficient (Wildman–Crippen LogP) is 1.77. The third-order valence-corrected chi connectivity index (χ3v) is 4.41. The van der Waals surface area contributed by atoms with Crippen LogP contribution in [0.4, 0.5) is 0 Å². The monoisotopic (exact) mass is 378 g/mol. The number of carboxylic acid groups (broad SMARTS) is 1. The van der Waals surface area contributed by atoms with Crippen LogP contribution in [-0.4, -0.2) is 50.7 Å². The van der Waals surface area contributed by atoms with E-state index in [4.69, 9.17) is 9.84 Å². The second-order valence-electron chi connectivity index (χ2n) is 5.83. The minimum Gasteiger partial charge on any atom is -0.482 e. The molecule has 2 N–H and O–H groups in total. The molecule has 0 aliphatic rings. The van der Waals surface area contributed by atoms with Crippen LogP contribution in [0.1, 0.15) is 25.5 Å². The van der Waals surface area contributed by atoms with E-state index < -0.39 is 5.97 Å². The Balaban J connectivity index is 1.69. The van der Waals surface area contributed by atoms with Crippen molar-refractivity contribution in [3.05, 3.63) is 36.2 Å². The number of carbonyl (C=O) groups is 2. The van der Waals surface area contributed by atoms with Gasteiger partial charge in [-0.1, -0.05) is 23.9 Å². The number of hydrogen-bond donors (Lipinski definition) is 2. The van der Waals surface area contributed by atoms with Crippen LogP contribution in [0.2, 0.25) is 0 Å². The molecule has 1 aromatic carbocycles. The van der Waals surface area contributed by atoms with Crippen molar-refractivity contribution in [2.75, 3.05) is 18.9 Å². The fraction of sp³-hybridized carbons (Fsp3) is 0.412. The van der Waals surface area contributed by atoms with E-state index in [9.17, 15) is 9.59 Å². The Kier molecular flexibility index (Phi) is 7.46. The maximum Gasteiger partial charge on any atom is 0.341 e. The summed E-state index contributed by atoms with van der Waals surface area (Å²) in [5.41, 5.74) is 1.03. The fourth-order valence-corrected chi connectivity index (χ4v) is 2.99. The molecule has 0 atom stereocenters. The first-order valence-electron chi connectivity index (χ1n) is 8.18. The molecule has 2 rings (SSSR count). The van der Waals surface area contributed by atoms with E-state index in [1.54, 1.807) is 18.5 Å². The van der Waals surface area contributed by atoms with E-state index in [0.29, 0.717) is 18.7 Å². The quantitative estimate of drug-likeness (QED) is 0.607. The first-order valence-corrected chi connectivity index (χ1v) is 9.17. The molecule has 1 aromatic heterocycles. The van der Waals surface area contributed by atoms with Gasteiger partial charge in [-0.15, -0.1) is 10.2 Å². The maximum atomic E-state index is 11.9. The highest BCUT2D eigenvalue weighted by Crippen LogP contribution is 2.18. The van der Waals surface area contributed by atoms with Gasteiger partial charge in [-0.2, -0.15) is 0 Å². The Hall–Kier alpha value is -2.55. The highest BCUT2D eigenvalue weighted by molar-refractivity contribution is 7.99. The number of carbonyl (C=O) groups excluding carboxylic acids is 1. The van der Waals surface area contributed by atoms with Crippen LogP contribution in [0.5, 0.6) is 5.75 Å². The molecular formula is C17H22N4O4S. The van der Waals surface area contributed by atoms with Crippen LogP contribution in [-0.2, 0) is 16.0 Å². The smallest absolute Gasteiger partial charge is 0.341 e. The van der Waals surface area contributed by atoms with Crippen molar-refractivity contribution in [3.8, 4) is 5.75 Å². The lowest BCUT2D eigenvalue weighted by Gasteiger charge is -2.09. The number of carboxylic acids is 1. The zero-order valence-electron chi connectivity index (χ0n) is 14.7. The van der Waals surface area contributed by atoms with Crippen molar-refractivity contribution >= 4 is 23.6 Å². The van der Waals surface area contributed by atoms with Crippen molar-refractivity contribution in [1.29, 1.82) is 0 Å². The number of nitrogens with zero attached hydrogens (tertiary/aromatic N) is 3. The van der Waals surface area contributed by atoms with Crippen molar-refractivity contribution in [2.45, 2.75) is 31.5 Å². The minimum absolute atomic E-state index is 0.0604. The lowest BCUT2D eigenvalue weighted by Crippen LogP contribution is -2.27. The number of ether oxygens (including phenoxy) is 1. The molecule has 0 unspecified atom stereocenters. The maximum absolute atomic E-state index is 11.9. The number of rotatable bonds is 10. The molecule has 9 heteroatoms. The van der Waals surface area contributed by atoms with Crippen LogP contribution in [0.3, 0.4) is 0 Å². The van der Waals surface area contributed by atoms with Crippen LogP contribution in [0.15, 0.2) is 35.7 Å². The van der Waals surface area contributed by atoms with Gasteiger partial charge < -0.3 is 19.7 Å². The van der Waals surface area contributed by atoms with Gasteiger partial charge in [0.2, 0.25) is 5.91 Å². The summed E-state index contributed by atoms with van der Waals surface area (Å²) in [5.74, 6) is -0.283. The Bertz CT molecular complexity index is 731. The lowest BCUT2D eigenvalue weighted by molar-refractivity contribution is -0.139. The van der Waals surface area contributed by atoms with E-state index in [2.05, 4.69) is 15.5 Å². The van der Waals surface area contributed by atoms with Gasteiger partial charge in [0.15, 0.2) is 11.8 Å². The van der Waals surface area contributed by atoms with Gasteiger partial charge in [0.25, 0.3) is 0 Å². The predicted molar refractivity (Wildman–Crippen MR) is 97.4 cm³/mol. The van der Waals surface area contributed by atoms with Crippen LogP contribution >= 0.6 is 11.8 Å². The Morgan fingerprint density at radius 1 is 1.31 bits per heavy atom. The number of aromatic nitrogens is 3. The molecule has 0 bridgehead atoms. The lowest BCUT2D eigenvalue weighted by atomic mass is 10.1. The average Bonchev–Trinajstić information content (AvgIpc) is 3.08. The Labute approximate surface area is 156 Å². The molecule has 0 radical (unpaired) electrons. The number of nitrogens with one attached hydrogen (secondary N) is 1. The summed E-state index contributed by atoms with van der Waals surface area (Å²) in [7, 11) is 0. The summed E-state index contributed by atoms with van der Waals surface area (Å²) in [6, 6.07) is 7.38. The first kappa shape index (κ1) is 19.8. The van der Waals surface area contributed by atoms with Crippen molar-refractivity contribution in [1.82, 2.24) is 20.1 Å². The van der Waals surface area contributed by atoms with Gasteiger partial charge in [0.05, 0.1) is 5.75 Å². The van der Waals surface area contributed by atoms with E-state index >= 15 is 0 Å². The summed E-state index contributed by atoms with van der Waals surface area (Å²) in [5, 5.41) is 20.1. The normalized spacial score (nSPS) is 10.7. The standard InChI is InChI=1S/C17H22N4O4S/c1-12(2)21-11-19-20-17(21)26-10-15(22)18-8-7-13-3-5-14(6-4-13)25-9-16(23)24/h3-6,11-12H,7-10H2,1-2H3,(H,18,22)(H,23,24). The average molecular weight is 378 g/mol. The molecule has 26 heavy (non-hydrogen) atoms. The van der Waals surface area contributed by atoms with Gasteiger partial charge in [0, 0.05) is 12.6 Å². The number of amides is 1. The van der Waals surface area contributed by atoms with Gasteiger partial charge in [0.1, 0.15) is 12.1 Å². The van der Waals surface area contributed by atoms with Gasteiger partial charge in [-0.25, -0.2) is 4.79 Å². The second kappa shape index (κ2) is 9.81. The summed E-state index contributed by atoms with van der Waals surface area (Å²) in [6.45, 7) is 4.22. The van der Waals surface area contributed by atoms with E-state index in [1.807, 2.05) is 30.5 Å². The number of hydrogen-bond acceptors (Lipinski definition) is 6. The molecule has 1 amide bonds. The summed E-state index contributed by atoms with van der Waals surface area (Å²) in [6.07, 6.45) is 2.34. The largest absolute Gasteiger partial charge is 0.482 e. The fourth-order valence-electron chi connectivity index (χ4n) is 2.11. The molecule has 2 aromatic rings. The third kappa shape index (κ3) is 6.40. The van der Waals surface area contributed by atoms with Crippen molar-refractivity contribution in [3.63, 3.8) is 0 Å². The van der Waals surface area contributed by atoms with Crippen LogP contribution < -0.4 is 10.1 Å². The Morgan fingerprint density at radius 2 is 2.04 bits per heavy atom. The molecule has 140 valence electrons. The number of thioether (sulfide) groups is 1. The number of aliphatic carboxylic acids is 1. The zero-order chi connectivity index (χ0) is 18.9. The summed E-state index contributed by atoms with van der Waals surface area (Å²) < 4.78 is 7.00. The molecule has 0 aliphatic heterocycles. The topological polar surface area (TPSA) is 106 Å². The summed E-state index contributed by atoms with van der Waals surface area (Å²) >= 11 is 1.36. The van der Waals surface area contributed by atoms with Crippen LogP contribution in [0, 0.1) is 0 Å². The van der Waals surface area contributed by atoms with Gasteiger partial charge >= 0.3 is 5.97 Å². The van der Waals surface area contributed by atoms with E-state index in [-0.39, 0.29) is 24.3 Å². The molecule has 8 nitrogen and oxygen atoms in total. The van der Waals surface area contributed by atoms with Crippen LogP contribution in [0.25, 0.3) is 0 Å². The number of benzene rings is 1. The molecule has 1 heterocycles. The van der Waals surface area contributed by atoms with Crippen molar-refractivity contribution in [2.24, 2.45) is 0 Å². The molecule has 0 saturated carbocycles. The SMILES string of the molecule is CC(C)n1cnnc1SCC(=O)NCCc1ccc(OCC(=O)O)cc1.